The largest absolute Gasteiger partial charge is 0.379 e. The lowest BCUT2D eigenvalue weighted by Crippen LogP contribution is -2.38. The summed E-state index contributed by atoms with van der Waals surface area (Å²) in [6.45, 7) is 3.65. The Hall–Kier alpha value is -3.01. The number of fused-ring (bicyclic) bond motifs is 1. The first-order chi connectivity index (χ1) is 15.6. The number of thiazole rings is 1. The number of para-hydroxylation sites is 1. The summed E-state index contributed by atoms with van der Waals surface area (Å²) in [6.07, 6.45) is 0. The van der Waals surface area contributed by atoms with E-state index in [1.54, 1.807) is 16.0 Å². The number of aromatic nitrogens is 3. The van der Waals surface area contributed by atoms with Gasteiger partial charge in [0.1, 0.15) is 10.8 Å². The minimum absolute atomic E-state index is 0.122. The van der Waals surface area contributed by atoms with Gasteiger partial charge in [0.15, 0.2) is 11.6 Å². The van der Waals surface area contributed by atoms with E-state index in [4.69, 9.17) is 9.72 Å². The van der Waals surface area contributed by atoms with E-state index in [9.17, 15) is 13.6 Å². The second-order valence-electron chi connectivity index (χ2n) is 7.58. The lowest BCUT2D eigenvalue weighted by atomic mass is 10.2. The SMILES string of the molecule is O=c1c2ccccc2nc(CN2CCOCC2)n1Cc1nc(-c2ccc(F)c(F)c2)cs1. The van der Waals surface area contributed by atoms with Crippen LogP contribution in [0.15, 0.2) is 52.6 Å². The van der Waals surface area contributed by atoms with Crippen molar-refractivity contribution < 1.29 is 13.5 Å². The Kier molecular flexibility index (Phi) is 5.77. The molecule has 0 atom stereocenters. The fraction of sp³-hybridized carbons (Fsp3) is 0.261. The molecule has 0 radical (unpaired) electrons. The maximum Gasteiger partial charge on any atom is 0.261 e. The average molecular weight is 455 g/mol. The predicted molar refractivity (Wildman–Crippen MR) is 119 cm³/mol. The van der Waals surface area contributed by atoms with Crippen molar-refractivity contribution in [3.63, 3.8) is 0 Å². The van der Waals surface area contributed by atoms with Crippen molar-refractivity contribution in [2.45, 2.75) is 13.1 Å². The molecule has 4 aromatic rings. The smallest absolute Gasteiger partial charge is 0.261 e. The molecule has 6 nitrogen and oxygen atoms in total. The van der Waals surface area contributed by atoms with Gasteiger partial charge in [0.05, 0.1) is 42.9 Å². The molecule has 5 rings (SSSR count). The Morgan fingerprint density at radius 3 is 2.62 bits per heavy atom. The molecule has 32 heavy (non-hydrogen) atoms. The van der Waals surface area contributed by atoms with Crippen molar-refractivity contribution in [3.05, 3.63) is 80.7 Å². The first-order valence-corrected chi connectivity index (χ1v) is 11.1. The fourth-order valence-electron chi connectivity index (χ4n) is 3.76. The van der Waals surface area contributed by atoms with Gasteiger partial charge in [-0.1, -0.05) is 12.1 Å². The van der Waals surface area contributed by atoms with E-state index in [-0.39, 0.29) is 12.1 Å². The van der Waals surface area contributed by atoms with Gasteiger partial charge in [-0.25, -0.2) is 18.7 Å². The van der Waals surface area contributed by atoms with Crippen LogP contribution in [-0.2, 0) is 17.8 Å². The Morgan fingerprint density at radius 1 is 1.00 bits per heavy atom. The third-order valence-corrected chi connectivity index (χ3v) is 6.30. The summed E-state index contributed by atoms with van der Waals surface area (Å²) < 4.78 is 34.0. The highest BCUT2D eigenvalue weighted by molar-refractivity contribution is 7.09. The van der Waals surface area contributed by atoms with E-state index in [2.05, 4.69) is 9.88 Å². The number of ether oxygens (including phenoxy) is 1. The highest BCUT2D eigenvalue weighted by atomic mass is 32.1. The van der Waals surface area contributed by atoms with Gasteiger partial charge in [-0.05, 0) is 30.3 Å². The van der Waals surface area contributed by atoms with Crippen molar-refractivity contribution in [1.29, 1.82) is 0 Å². The number of halogens is 2. The maximum absolute atomic E-state index is 13.6. The zero-order chi connectivity index (χ0) is 22.1. The van der Waals surface area contributed by atoms with Crippen LogP contribution in [-0.4, -0.2) is 45.7 Å². The second-order valence-corrected chi connectivity index (χ2v) is 8.52. The van der Waals surface area contributed by atoms with Gasteiger partial charge in [0.2, 0.25) is 0 Å². The number of benzene rings is 2. The molecule has 0 aliphatic carbocycles. The summed E-state index contributed by atoms with van der Waals surface area (Å²) in [5.74, 6) is -1.15. The van der Waals surface area contributed by atoms with Crippen LogP contribution >= 0.6 is 11.3 Å². The zero-order valence-corrected chi connectivity index (χ0v) is 17.9. The Bertz CT molecular complexity index is 1330. The molecule has 0 N–H and O–H groups in total. The molecule has 2 aromatic heterocycles. The van der Waals surface area contributed by atoms with Crippen molar-refractivity contribution >= 4 is 22.2 Å². The van der Waals surface area contributed by atoms with Crippen LogP contribution in [0.3, 0.4) is 0 Å². The van der Waals surface area contributed by atoms with Gasteiger partial charge in [0, 0.05) is 24.0 Å². The standard InChI is InChI=1S/C23H20F2N4O2S/c24-17-6-5-15(11-18(17)25)20-14-32-22(27-20)13-29-21(12-28-7-9-31-10-8-28)26-19-4-2-1-3-16(19)23(29)30/h1-6,11,14H,7-10,12-13H2. The van der Waals surface area contributed by atoms with Crippen LogP contribution in [0, 0.1) is 11.6 Å². The molecule has 2 aromatic carbocycles. The molecule has 1 aliphatic heterocycles. The van der Waals surface area contributed by atoms with Crippen LogP contribution in [0.5, 0.6) is 0 Å². The van der Waals surface area contributed by atoms with Crippen molar-refractivity contribution in [3.8, 4) is 11.3 Å². The van der Waals surface area contributed by atoms with E-state index < -0.39 is 11.6 Å². The third-order valence-electron chi connectivity index (χ3n) is 5.47. The number of hydrogen-bond acceptors (Lipinski definition) is 6. The molecule has 0 amide bonds. The molecule has 0 bridgehead atoms. The minimum atomic E-state index is -0.917. The summed E-state index contributed by atoms with van der Waals surface area (Å²) in [5, 5.41) is 3.02. The average Bonchev–Trinajstić information content (AvgIpc) is 3.28. The maximum atomic E-state index is 13.6. The lowest BCUT2D eigenvalue weighted by Gasteiger charge is -2.27. The molecule has 3 heterocycles. The summed E-state index contributed by atoms with van der Waals surface area (Å²) in [4.78, 5) is 24.9. The van der Waals surface area contributed by atoms with Gasteiger partial charge < -0.3 is 4.74 Å². The van der Waals surface area contributed by atoms with Gasteiger partial charge in [-0.2, -0.15) is 0 Å². The van der Waals surface area contributed by atoms with Crippen LogP contribution in [0.2, 0.25) is 0 Å². The molecule has 1 aliphatic rings. The van der Waals surface area contributed by atoms with E-state index in [0.717, 1.165) is 25.2 Å². The molecular formula is C23H20F2N4O2S. The first-order valence-electron chi connectivity index (χ1n) is 10.3. The van der Waals surface area contributed by atoms with Gasteiger partial charge in [0.25, 0.3) is 5.56 Å². The highest BCUT2D eigenvalue weighted by Crippen LogP contribution is 2.24. The quantitative estimate of drug-likeness (QED) is 0.461. The van der Waals surface area contributed by atoms with E-state index in [0.29, 0.717) is 52.8 Å². The van der Waals surface area contributed by atoms with Crippen molar-refractivity contribution in [1.82, 2.24) is 19.4 Å². The van der Waals surface area contributed by atoms with Gasteiger partial charge in [-0.15, -0.1) is 11.3 Å². The summed E-state index contributed by atoms with van der Waals surface area (Å²) in [6, 6.07) is 11.0. The molecule has 0 saturated carbocycles. The summed E-state index contributed by atoms with van der Waals surface area (Å²) in [5.41, 5.74) is 1.58. The highest BCUT2D eigenvalue weighted by Gasteiger charge is 2.18. The molecule has 0 spiro atoms. The van der Waals surface area contributed by atoms with E-state index in [1.807, 2.05) is 18.2 Å². The Balaban J connectivity index is 1.50. The molecule has 164 valence electrons. The summed E-state index contributed by atoms with van der Waals surface area (Å²) >= 11 is 1.37. The third kappa shape index (κ3) is 4.19. The molecule has 9 heteroatoms. The number of nitrogens with zero attached hydrogens (tertiary/aromatic N) is 4. The van der Waals surface area contributed by atoms with Crippen molar-refractivity contribution in [2.75, 3.05) is 26.3 Å². The fourth-order valence-corrected chi connectivity index (χ4v) is 4.55. The molecular weight excluding hydrogens is 434 g/mol. The van der Waals surface area contributed by atoms with E-state index in [1.165, 1.54) is 17.4 Å². The van der Waals surface area contributed by atoms with Gasteiger partial charge >= 0.3 is 0 Å². The van der Waals surface area contributed by atoms with Crippen molar-refractivity contribution in [2.24, 2.45) is 0 Å². The van der Waals surface area contributed by atoms with E-state index >= 15 is 0 Å². The molecule has 1 fully saturated rings. The Labute approximate surface area is 186 Å². The first kappa shape index (κ1) is 20.9. The van der Waals surface area contributed by atoms with Crippen LogP contribution < -0.4 is 5.56 Å². The Morgan fingerprint density at radius 2 is 1.81 bits per heavy atom. The van der Waals surface area contributed by atoms with Crippen LogP contribution in [0.1, 0.15) is 10.8 Å². The van der Waals surface area contributed by atoms with Crippen LogP contribution in [0.25, 0.3) is 22.2 Å². The normalized spacial score (nSPS) is 14.8. The van der Waals surface area contributed by atoms with Crippen LogP contribution in [0.4, 0.5) is 8.78 Å². The van der Waals surface area contributed by atoms with Gasteiger partial charge in [-0.3, -0.25) is 14.3 Å². The topological polar surface area (TPSA) is 60.3 Å². The molecule has 0 unspecified atom stereocenters. The lowest BCUT2D eigenvalue weighted by molar-refractivity contribution is 0.0325. The second kappa shape index (κ2) is 8.85. The number of rotatable bonds is 5. The zero-order valence-electron chi connectivity index (χ0n) is 17.1. The minimum Gasteiger partial charge on any atom is -0.379 e. The number of morpholine rings is 1. The summed E-state index contributed by atoms with van der Waals surface area (Å²) in [7, 11) is 0. The number of hydrogen-bond donors (Lipinski definition) is 0. The monoisotopic (exact) mass is 454 g/mol. The predicted octanol–water partition coefficient (Wildman–Crippen LogP) is 3.68. The molecule has 1 saturated heterocycles.